The average Bonchev–Trinajstić information content (AvgIpc) is 2.79. The number of hydrogen-bond donors (Lipinski definition) is 0. The second kappa shape index (κ2) is 5.55. The monoisotopic (exact) mass is 300 g/mol. The fourth-order valence-electron chi connectivity index (χ4n) is 3.16. The Morgan fingerprint density at radius 3 is 2.09 bits per heavy atom. The van der Waals surface area contributed by atoms with E-state index in [9.17, 15) is 14.4 Å². The number of hydrogen-bond acceptors (Lipinski definition) is 3. The van der Waals surface area contributed by atoms with Gasteiger partial charge in [-0.2, -0.15) is 0 Å². The summed E-state index contributed by atoms with van der Waals surface area (Å²) >= 11 is 0. The first-order chi connectivity index (χ1) is 10.5. The van der Waals surface area contributed by atoms with E-state index in [-0.39, 0.29) is 17.7 Å². The fraction of sp³-hybridized carbons (Fsp3) is 0.471. The van der Waals surface area contributed by atoms with Gasteiger partial charge in [-0.15, -0.1) is 0 Å². The summed E-state index contributed by atoms with van der Waals surface area (Å²) in [5.74, 6) is -0.251. The van der Waals surface area contributed by atoms with Crippen LogP contribution in [-0.4, -0.2) is 46.7 Å². The minimum atomic E-state index is -0.749. The van der Waals surface area contributed by atoms with E-state index in [1.165, 1.54) is 0 Å². The fourth-order valence-corrected chi connectivity index (χ4v) is 3.16. The summed E-state index contributed by atoms with van der Waals surface area (Å²) in [6.45, 7) is 5.22. The van der Waals surface area contributed by atoms with Crippen LogP contribution in [0.5, 0.6) is 0 Å². The second-order valence-corrected chi connectivity index (χ2v) is 6.21. The van der Waals surface area contributed by atoms with Crippen LogP contribution in [0.4, 0.5) is 0 Å². The van der Waals surface area contributed by atoms with Crippen molar-refractivity contribution >= 4 is 17.7 Å². The third-order valence-electron chi connectivity index (χ3n) is 4.67. The number of amides is 3. The Morgan fingerprint density at radius 2 is 1.59 bits per heavy atom. The van der Waals surface area contributed by atoms with Crippen molar-refractivity contribution in [3.05, 3.63) is 35.4 Å². The molecule has 2 aliphatic rings. The van der Waals surface area contributed by atoms with Crippen LogP contribution in [0.25, 0.3) is 0 Å². The van der Waals surface area contributed by atoms with Crippen LogP contribution >= 0.6 is 0 Å². The maximum Gasteiger partial charge on any atom is 0.262 e. The van der Waals surface area contributed by atoms with Gasteiger partial charge in [0.2, 0.25) is 5.91 Å². The quantitative estimate of drug-likeness (QED) is 0.784. The van der Waals surface area contributed by atoms with Gasteiger partial charge in [-0.25, -0.2) is 0 Å². The minimum absolute atomic E-state index is 0.138. The van der Waals surface area contributed by atoms with Crippen molar-refractivity contribution in [2.24, 2.45) is 5.92 Å². The summed E-state index contributed by atoms with van der Waals surface area (Å²) in [5, 5.41) is 0. The number of carbonyl (C=O) groups is 3. The second-order valence-electron chi connectivity index (χ2n) is 6.21. The molecule has 0 spiro atoms. The van der Waals surface area contributed by atoms with E-state index in [1.807, 2.05) is 0 Å². The maximum atomic E-state index is 12.6. The van der Waals surface area contributed by atoms with Crippen LogP contribution in [0, 0.1) is 5.92 Å². The van der Waals surface area contributed by atoms with E-state index in [0.29, 0.717) is 30.1 Å². The number of likely N-dealkylation sites (tertiary alicyclic amines) is 1. The van der Waals surface area contributed by atoms with Crippen LogP contribution in [0.2, 0.25) is 0 Å². The Balaban J connectivity index is 1.79. The topological polar surface area (TPSA) is 57.7 Å². The Morgan fingerprint density at radius 1 is 1.09 bits per heavy atom. The largest absolute Gasteiger partial charge is 0.341 e. The van der Waals surface area contributed by atoms with Crippen molar-refractivity contribution in [3.8, 4) is 0 Å². The third kappa shape index (κ3) is 2.30. The van der Waals surface area contributed by atoms with Gasteiger partial charge >= 0.3 is 0 Å². The molecule has 1 saturated heterocycles. The van der Waals surface area contributed by atoms with Gasteiger partial charge in [-0.05, 0) is 37.8 Å². The van der Waals surface area contributed by atoms with Crippen molar-refractivity contribution < 1.29 is 14.4 Å². The van der Waals surface area contributed by atoms with Gasteiger partial charge in [-0.1, -0.05) is 19.1 Å². The van der Waals surface area contributed by atoms with Crippen molar-refractivity contribution in [2.45, 2.75) is 32.7 Å². The lowest BCUT2D eigenvalue weighted by Crippen LogP contribution is -2.51. The molecule has 0 aromatic heterocycles. The van der Waals surface area contributed by atoms with E-state index in [4.69, 9.17) is 0 Å². The molecule has 0 unspecified atom stereocenters. The lowest BCUT2D eigenvalue weighted by atomic mass is 9.98. The predicted molar refractivity (Wildman–Crippen MR) is 81.4 cm³/mol. The summed E-state index contributed by atoms with van der Waals surface area (Å²) in [5.41, 5.74) is 0.777. The molecule has 0 bridgehead atoms. The van der Waals surface area contributed by atoms with Crippen LogP contribution in [-0.2, 0) is 4.79 Å². The number of fused-ring (bicyclic) bond motifs is 1. The molecular weight excluding hydrogens is 280 g/mol. The Bertz CT molecular complexity index is 598. The Kier molecular flexibility index (Phi) is 3.72. The van der Waals surface area contributed by atoms with Crippen LogP contribution in [0.1, 0.15) is 47.4 Å². The summed E-state index contributed by atoms with van der Waals surface area (Å²) in [4.78, 5) is 40.3. The number of benzene rings is 1. The summed E-state index contributed by atoms with van der Waals surface area (Å²) in [6.07, 6.45) is 1.95. The van der Waals surface area contributed by atoms with Crippen LogP contribution in [0.3, 0.4) is 0 Å². The first-order valence-corrected chi connectivity index (χ1v) is 7.76. The highest BCUT2D eigenvalue weighted by atomic mass is 16.2. The molecule has 0 N–H and O–H groups in total. The van der Waals surface area contributed by atoms with Gasteiger partial charge < -0.3 is 4.90 Å². The number of imide groups is 1. The molecule has 1 aromatic carbocycles. The summed E-state index contributed by atoms with van der Waals surface area (Å²) in [6, 6.07) is 5.98. The lowest BCUT2D eigenvalue weighted by molar-refractivity contribution is -0.136. The zero-order chi connectivity index (χ0) is 15.9. The molecule has 1 aromatic rings. The summed E-state index contributed by atoms with van der Waals surface area (Å²) in [7, 11) is 0. The van der Waals surface area contributed by atoms with Gasteiger partial charge in [0, 0.05) is 13.1 Å². The van der Waals surface area contributed by atoms with E-state index in [1.54, 1.807) is 36.1 Å². The lowest BCUT2D eigenvalue weighted by Gasteiger charge is -2.34. The third-order valence-corrected chi connectivity index (χ3v) is 4.67. The highest BCUT2D eigenvalue weighted by Crippen LogP contribution is 2.26. The van der Waals surface area contributed by atoms with Crippen molar-refractivity contribution in [1.29, 1.82) is 0 Å². The van der Waals surface area contributed by atoms with Crippen molar-refractivity contribution in [2.75, 3.05) is 13.1 Å². The van der Waals surface area contributed by atoms with Gasteiger partial charge in [0.25, 0.3) is 11.8 Å². The Labute approximate surface area is 129 Å². The van der Waals surface area contributed by atoms with Crippen LogP contribution in [0.15, 0.2) is 24.3 Å². The molecule has 3 rings (SSSR count). The number of carbonyl (C=O) groups excluding carboxylic acids is 3. The summed E-state index contributed by atoms with van der Waals surface area (Å²) < 4.78 is 0. The number of rotatable bonds is 2. The molecule has 3 amide bonds. The SMILES string of the molecule is CC1CCN(C(=O)[C@@H](C)N2C(=O)c3ccccc3C2=O)CC1. The number of nitrogens with zero attached hydrogens (tertiary/aromatic N) is 2. The van der Waals surface area contributed by atoms with Crippen molar-refractivity contribution in [3.63, 3.8) is 0 Å². The first-order valence-electron chi connectivity index (χ1n) is 7.76. The maximum absolute atomic E-state index is 12.6. The predicted octanol–water partition coefficient (Wildman–Crippen LogP) is 1.93. The number of piperidine rings is 1. The van der Waals surface area contributed by atoms with Gasteiger partial charge in [0.1, 0.15) is 6.04 Å². The molecule has 2 aliphatic heterocycles. The first kappa shape index (κ1) is 14.8. The molecule has 0 radical (unpaired) electrons. The Hall–Kier alpha value is -2.17. The molecule has 22 heavy (non-hydrogen) atoms. The molecule has 5 heteroatoms. The van der Waals surface area contributed by atoms with E-state index < -0.39 is 6.04 Å². The zero-order valence-electron chi connectivity index (χ0n) is 12.9. The molecular formula is C17H20N2O3. The highest BCUT2D eigenvalue weighted by Gasteiger charge is 2.41. The minimum Gasteiger partial charge on any atom is -0.341 e. The molecule has 2 heterocycles. The van der Waals surface area contributed by atoms with Gasteiger partial charge in [0.15, 0.2) is 0 Å². The molecule has 0 saturated carbocycles. The van der Waals surface area contributed by atoms with E-state index in [0.717, 1.165) is 17.7 Å². The van der Waals surface area contributed by atoms with Crippen molar-refractivity contribution in [1.82, 2.24) is 9.80 Å². The van der Waals surface area contributed by atoms with E-state index >= 15 is 0 Å². The standard InChI is InChI=1S/C17H20N2O3/c1-11-7-9-18(10-8-11)15(20)12(2)19-16(21)13-5-3-4-6-14(13)17(19)22/h3-6,11-12H,7-10H2,1-2H3/t12-/m1/s1. The molecule has 116 valence electrons. The van der Waals surface area contributed by atoms with E-state index in [2.05, 4.69) is 6.92 Å². The van der Waals surface area contributed by atoms with Crippen LogP contribution < -0.4 is 0 Å². The smallest absolute Gasteiger partial charge is 0.262 e. The molecule has 1 fully saturated rings. The average molecular weight is 300 g/mol. The molecule has 1 atom stereocenters. The van der Waals surface area contributed by atoms with Gasteiger partial charge in [0.05, 0.1) is 11.1 Å². The normalized spacial score (nSPS) is 20.3. The molecule has 0 aliphatic carbocycles. The zero-order valence-corrected chi connectivity index (χ0v) is 12.9. The van der Waals surface area contributed by atoms with Gasteiger partial charge in [-0.3, -0.25) is 19.3 Å². The molecule has 5 nitrogen and oxygen atoms in total. The highest BCUT2D eigenvalue weighted by molar-refractivity contribution is 6.22.